The molecule has 1 aromatic rings. The van der Waals surface area contributed by atoms with Crippen molar-refractivity contribution in [3.05, 3.63) is 35.6 Å². The number of amides is 3. The van der Waals surface area contributed by atoms with Gasteiger partial charge in [-0.3, -0.25) is 10.1 Å². The molecule has 0 spiro atoms. The Kier molecular flexibility index (Phi) is 7.52. The monoisotopic (exact) mass is 310 g/mol. The van der Waals surface area contributed by atoms with Crippen LogP contribution in [0.15, 0.2) is 24.3 Å². The van der Waals surface area contributed by atoms with E-state index in [4.69, 9.17) is 0 Å². The number of halogens is 1. The van der Waals surface area contributed by atoms with Crippen LogP contribution in [-0.2, 0) is 11.3 Å². The van der Waals surface area contributed by atoms with E-state index in [0.717, 1.165) is 16.9 Å². The maximum Gasteiger partial charge on any atom is 0.321 e. The third-order valence-corrected chi connectivity index (χ3v) is 3.12. The average Bonchev–Trinajstić information content (AvgIpc) is 2.37. The molecule has 6 heteroatoms. The number of quaternary nitrogens is 1. The third kappa shape index (κ3) is 7.73. The minimum Gasteiger partial charge on any atom is -0.338 e. The smallest absolute Gasteiger partial charge is 0.321 e. The molecule has 1 unspecified atom stereocenters. The minimum atomic E-state index is -0.468. The van der Waals surface area contributed by atoms with E-state index in [-0.39, 0.29) is 18.3 Å². The second kappa shape index (κ2) is 9.15. The largest absolute Gasteiger partial charge is 0.338 e. The lowest BCUT2D eigenvalue weighted by atomic mass is 10.1. The van der Waals surface area contributed by atoms with Gasteiger partial charge in [0.15, 0.2) is 6.54 Å². The molecule has 0 aliphatic rings. The number of rotatable bonds is 7. The number of carbonyl (C=O) groups is 2. The molecule has 0 fully saturated rings. The van der Waals surface area contributed by atoms with Crippen molar-refractivity contribution in [2.24, 2.45) is 5.92 Å². The summed E-state index contributed by atoms with van der Waals surface area (Å²) in [7, 11) is 1.82. The average molecular weight is 310 g/mol. The van der Waals surface area contributed by atoms with Crippen LogP contribution in [0, 0.1) is 11.7 Å². The lowest BCUT2D eigenvalue weighted by Crippen LogP contribution is -3.09. The molecule has 1 atom stereocenters. The van der Waals surface area contributed by atoms with Crippen LogP contribution in [0.1, 0.15) is 25.8 Å². The van der Waals surface area contributed by atoms with E-state index < -0.39 is 6.03 Å². The Morgan fingerprint density at radius 3 is 2.68 bits per heavy atom. The topological polar surface area (TPSA) is 62.6 Å². The van der Waals surface area contributed by atoms with Crippen molar-refractivity contribution in [3.63, 3.8) is 0 Å². The Morgan fingerprint density at radius 1 is 1.32 bits per heavy atom. The first-order valence-electron chi connectivity index (χ1n) is 7.50. The summed E-state index contributed by atoms with van der Waals surface area (Å²) >= 11 is 0. The van der Waals surface area contributed by atoms with Gasteiger partial charge in [0, 0.05) is 12.1 Å². The second-order valence-electron chi connectivity index (χ2n) is 5.93. The van der Waals surface area contributed by atoms with E-state index in [1.165, 1.54) is 12.1 Å². The summed E-state index contributed by atoms with van der Waals surface area (Å²) in [6, 6.07) is 5.81. The van der Waals surface area contributed by atoms with Crippen LogP contribution in [0.25, 0.3) is 0 Å². The van der Waals surface area contributed by atoms with E-state index in [0.29, 0.717) is 19.0 Å². The fourth-order valence-electron chi connectivity index (χ4n) is 2.02. The second-order valence-corrected chi connectivity index (χ2v) is 5.93. The Hall–Kier alpha value is -1.95. The zero-order valence-corrected chi connectivity index (χ0v) is 13.4. The summed E-state index contributed by atoms with van der Waals surface area (Å²) < 4.78 is 13.1. The van der Waals surface area contributed by atoms with Crippen LogP contribution in [0.2, 0.25) is 0 Å². The quantitative estimate of drug-likeness (QED) is 0.695. The highest BCUT2D eigenvalue weighted by Gasteiger charge is 2.13. The maximum absolute atomic E-state index is 13.1. The number of hydrogen-bond donors (Lipinski definition) is 3. The first kappa shape index (κ1) is 18.1. The Morgan fingerprint density at radius 2 is 2.05 bits per heavy atom. The predicted molar refractivity (Wildman–Crippen MR) is 82.9 cm³/mol. The highest BCUT2D eigenvalue weighted by Crippen LogP contribution is 2.01. The Bertz CT molecular complexity index is 506. The molecular formula is C16H25FN3O2+. The molecule has 0 aliphatic heterocycles. The standard InChI is InChI=1S/C16H24FN3O2/c1-12(2)7-8-18-16(22)19-15(21)11-20(3)10-13-5-4-6-14(17)9-13/h4-6,9,12H,7-8,10-11H2,1-3H3,(H2,18,19,21,22)/p+1. The van der Waals surface area contributed by atoms with Crippen LogP contribution >= 0.6 is 0 Å². The zero-order chi connectivity index (χ0) is 16.5. The summed E-state index contributed by atoms with van der Waals surface area (Å²) in [4.78, 5) is 24.1. The van der Waals surface area contributed by atoms with E-state index in [9.17, 15) is 14.0 Å². The summed E-state index contributed by atoms with van der Waals surface area (Å²) in [6.07, 6.45) is 0.867. The van der Waals surface area contributed by atoms with Gasteiger partial charge >= 0.3 is 6.03 Å². The molecule has 0 heterocycles. The van der Waals surface area contributed by atoms with Crippen LogP contribution in [0.3, 0.4) is 0 Å². The van der Waals surface area contributed by atoms with Crippen molar-refractivity contribution >= 4 is 11.9 Å². The van der Waals surface area contributed by atoms with Crippen LogP contribution in [0.5, 0.6) is 0 Å². The van der Waals surface area contributed by atoms with Gasteiger partial charge in [-0.15, -0.1) is 0 Å². The molecule has 0 bridgehead atoms. The fraction of sp³-hybridized carbons (Fsp3) is 0.500. The highest BCUT2D eigenvalue weighted by molar-refractivity contribution is 5.94. The van der Waals surface area contributed by atoms with Crippen molar-refractivity contribution in [3.8, 4) is 0 Å². The number of carbonyl (C=O) groups excluding carboxylic acids is 2. The van der Waals surface area contributed by atoms with Gasteiger partial charge in [0.2, 0.25) is 0 Å². The van der Waals surface area contributed by atoms with E-state index >= 15 is 0 Å². The number of hydrogen-bond acceptors (Lipinski definition) is 2. The lowest BCUT2D eigenvalue weighted by Gasteiger charge is -2.14. The summed E-state index contributed by atoms with van der Waals surface area (Å²) in [5, 5.41) is 4.94. The number of likely N-dealkylation sites (N-methyl/N-ethyl adjacent to an activating group) is 1. The van der Waals surface area contributed by atoms with E-state index in [2.05, 4.69) is 24.5 Å². The molecule has 5 nitrogen and oxygen atoms in total. The van der Waals surface area contributed by atoms with Gasteiger partial charge in [-0.25, -0.2) is 9.18 Å². The Labute approximate surface area is 130 Å². The third-order valence-electron chi connectivity index (χ3n) is 3.12. The molecule has 0 saturated heterocycles. The number of nitrogens with one attached hydrogen (secondary N) is 3. The van der Waals surface area contributed by atoms with Gasteiger partial charge in [0.25, 0.3) is 5.91 Å². The van der Waals surface area contributed by atoms with Crippen molar-refractivity contribution < 1.29 is 18.9 Å². The number of imide groups is 1. The van der Waals surface area contributed by atoms with Crippen molar-refractivity contribution in [1.29, 1.82) is 0 Å². The zero-order valence-electron chi connectivity index (χ0n) is 13.4. The van der Waals surface area contributed by atoms with Gasteiger partial charge in [-0.2, -0.15) is 0 Å². The first-order valence-corrected chi connectivity index (χ1v) is 7.50. The molecule has 1 aromatic carbocycles. The minimum absolute atomic E-state index is 0.147. The van der Waals surface area contributed by atoms with Crippen LogP contribution < -0.4 is 15.5 Å². The Balaban J connectivity index is 2.30. The summed E-state index contributed by atoms with van der Waals surface area (Å²) in [5.74, 6) is -0.145. The predicted octanol–water partition coefficient (Wildman–Crippen LogP) is 0.712. The summed E-state index contributed by atoms with van der Waals surface area (Å²) in [5.41, 5.74) is 0.812. The maximum atomic E-state index is 13.1. The van der Waals surface area contributed by atoms with Gasteiger partial charge in [0.05, 0.1) is 7.05 Å². The van der Waals surface area contributed by atoms with Crippen LogP contribution in [-0.4, -0.2) is 32.1 Å². The molecule has 0 aliphatic carbocycles. The van der Waals surface area contributed by atoms with Gasteiger partial charge in [-0.05, 0) is 24.5 Å². The van der Waals surface area contributed by atoms with Crippen molar-refractivity contribution in [1.82, 2.24) is 10.6 Å². The van der Waals surface area contributed by atoms with Gasteiger partial charge in [-0.1, -0.05) is 26.0 Å². The summed E-state index contributed by atoms with van der Waals surface area (Å²) in [6.45, 7) is 5.34. The number of urea groups is 1. The SMILES string of the molecule is CC(C)CCNC(=O)NC(=O)C[NH+](C)Cc1cccc(F)c1. The van der Waals surface area contributed by atoms with Gasteiger partial charge < -0.3 is 10.2 Å². The first-order chi connectivity index (χ1) is 10.4. The molecular weight excluding hydrogens is 285 g/mol. The van der Waals surface area contributed by atoms with Gasteiger partial charge in [0.1, 0.15) is 12.4 Å². The van der Waals surface area contributed by atoms with Crippen LogP contribution in [0.4, 0.5) is 9.18 Å². The van der Waals surface area contributed by atoms with Crippen molar-refractivity contribution in [2.75, 3.05) is 20.1 Å². The number of benzene rings is 1. The molecule has 0 aromatic heterocycles. The molecule has 0 radical (unpaired) electrons. The molecule has 1 rings (SSSR count). The lowest BCUT2D eigenvalue weighted by molar-refractivity contribution is -0.885. The molecule has 0 saturated carbocycles. The molecule has 3 amide bonds. The van der Waals surface area contributed by atoms with Crippen molar-refractivity contribution in [2.45, 2.75) is 26.8 Å². The normalized spacial score (nSPS) is 12.0. The van der Waals surface area contributed by atoms with E-state index in [1.54, 1.807) is 6.07 Å². The molecule has 22 heavy (non-hydrogen) atoms. The van der Waals surface area contributed by atoms with E-state index in [1.807, 2.05) is 13.1 Å². The molecule has 3 N–H and O–H groups in total. The highest BCUT2D eigenvalue weighted by atomic mass is 19.1. The molecule has 122 valence electrons. The fourth-order valence-corrected chi connectivity index (χ4v) is 2.02.